The highest BCUT2D eigenvalue weighted by atomic mass is 16.5. The Morgan fingerprint density at radius 3 is 1.62 bits per heavy atom. The molecule has 0 heterocycles. The van der Waals surface area contributed by atoms with E-state index in [2.05, 4.69) is 0 Å². The molecule has 0 aromatic heterocycles. The molecule has 2 N–H and O–H groups in total. The molecule has 0 aliphatic heterocycles. The number of methoxy groups -OCH3 is 1. The van der Waals surface area contributed by atoms with Crippen molar-refractivity contribution in [3.8, 4) is 0 Å². The summed E-state index contributed by atoms with van der Waals surface area (Å²) in [6, 6.07) is 0. The number of hydrogen-bond donors (Lipinski definition) is 2. The van der Waals surface area contributed by atoms with Crippen molar-refractivity contribution in [3.63, 3.8) is 0 Å². The van der Waals surface area contributed by atoms with Crippen LogP contribution in [-0.2, 0) is 4.74 Å². The smallest absolute Gasteiger partial charge is 0.0571 e. The molecule has 1 atom stereocenters. The summed E-state index contributed by atoms with van der Waals surface area (Å²) < 4.78 is 5.43. The molecule has 0 aliphatic carbocycles. The van der Waals surface area contributed by atoms with Crippen LogP contribution in [0.25, 0.3) is 0 Å². The predicted octanol–water partition coefficient (Wildman–Crippen LogP) is 2.50. The van der Waals surface area contributed by atoms with E-state index in [1.165, 1.54) is 12.8 Å². The Kier molecular flexibility index (Phi) is 12.9. The lowest BCUT2D eigenvalue weighted by molar-refractivity contribution is 0.0827. The fraction of sp³-hybridized carbons (Fsp3) is 1.00. The lowest BCUT2D eigenvalue weighted by Gasteiger charge is -2.14. The third kappa shape index (κ3) is 10.4. The van der Waals surface area contributed by atoms with Crippen LogP contribution in [-0.4, -0.2) is 36.6 Å². The van der Waals surface area contributed by atoms with Crippen LogP contribution < -0.4 is 0 Å². The van der Waals surface area contributed by atoms with Crippen LogP contribution in [0, 0.1) is 0 Å². The number of hydrogen-bond acceptors (Lipinski definition) is 3. The lowest BCUT2D eigenvalue weighted by Crippen LogP contribution is -2.10. The van der Waals surface area contributed by atoms with Crippen molar-refractivity contribution in [2.24, 2.45) is 0 Å². The van der Waals surface area contributed by atoms with Gasteiger partial charge in [0.25, 0.3) is 0 Å². The van der Waals surface area contributed by atoms with Gasteiger partial charge in [-0.05, 0) is 25.7 Å². The molecule has 1 unspecified atom stereocenters. The second kappa shape index (κ2) is 12.9. The minimum absolute atomic E-state index is 0.304. The second-order valence-corrected chi connectivity index (χ2v) is 4.36. The van der Waals surface area contributed by atoms with Crippen molar-refractivity contribution in [1.29, 1.82) is 0 Å². The highest BCUT2D eigenvalue weighted by Crippen LogP contribution is 2.13. The largest absolute Gasteiger partial charge is 0.396 e. The molecule has 0 aromatic carbocycles. The van der Waals surface area contributed by atoms with Gasteiger partial charge in [-0.25, -0.2) is 0 Å². The van der Waals surface area contributed by atoms with E-state index in [0.717, 1.165) is 44.9 Å². The van der Waals surface area contributed by atoms with E-state index in [1.54, 1.807) is 7.11 Å². The first-order valence-electron chi connectivity index (χ1n) is 6.59. The number of unbranched alkanes of at least 4 members (excludes halogenated alkanes) is 5. The third-order valence-corrected chi connectivity index (χ3v) is 2.95. The molecule has 3 heteroatoms. The van der Waals surface area contributed by atoms with E-state index in [-0.39, 0.29) is 0 Å². The molecule has 0 amide bonds. The first kappa shape index (κ1) is 15.9. The summed E-state index contributed by atoms with van der Waals surface area (Å²) >= 11 is 0. The van der Waals surface area contributed by atoms with Crippen molar-refractivity contribution in [1.82, 2.24) is 0 Å². The van der Waals surface area contributed by atoms with Crippen LogP contribution in [0.5, 0.6) is 0 Å². The zero-order valence-corrected chi connectivity index (χ0v) is 10.7. The predicted molar refractivity (Wildman–Crippen MR) is 66.5 cm³/mol. The Morgan fingerprint density at radius 2 is 1.19 bits per heavy atom. The summed E-state index contributed by atoms with van der Waals surface area (Å²) in [5.74, 6) is 0. The van der Waals surface area contributed by atoms with Gasteiger partial charge in [0.15, 0.2) is 0 Å². The molecule has 3 nitrogen and oxygen atoms in total. The van der Waals surface area contributed by atoms with Crippen LogP contribution in [0.1, 0.15) is 57.8 Å². The SMILES string of the molecule is COC(CCCCCO)CCCCCCO. The van der Waals surface area contributed by atoms with Crippen LogP contribution in [0.4, 0.5) is 0 Å². The Balaban J connectivity index is 3.29. The van der Waals surface area contributed by atoms with Gasteiger partial charge in [0.1, 0.15) is 0 Å². The topological polar surface area (TPSA) is 49.7 Å². The lowest BCUT2D eigenvalue weighted by atomic mass is 10.0. The average molecular weight is 232 g/mol. The van der Waals surface area contributed by atoms with E-state index in [1.807, 2.05) is 0 Å². The minimum Gasteiger partial charge on any atom is -0.396 e. The molecule has 0 bridgehead atoms. The van der Waals surface area contributed by atoms with E-state index in [9.17, 15) is 0 Å². The molecule has 0 fully saturated rings. The summed E-state index contributed by atoms with van der Waals surface area (Å²) in [6.45, 7) is 0.619. The standard InChI is InChI=1S/C13H28O3/c1-16-13(10-6-4-8-12-15)9-5-2-3-7-11-14/h13-15H,2-12H2,1H3. The summed E-state index contributed by atoms with van der Waals surface area (Å²) in [5.41, 5.74) is 0. The average Bonchev–Trinajstić information content (AvgIpc) is 2.31. The number of rotatable bonds is 12. The monoisotopic (exact) mass is 232 g/mol. The van der Waals surface area contributed by atoms with Gasteiger partial charge in [0, 0.05) is 20.3 Å². The van der Waals surface area contributed by atoms with Crippen LogP contribution >= 0.6 is 0 Å². The Labute approximate surface area is 99.8 Å². The van der Waals surface area contributed by atoms with E-state index in [0.29, 0.717) is 19.3 Å². The number of ether oxygens (including phenoxy) is 1. The van der Waals surface area contributed by atoms with Crippen molar-refractivity contribution in [2.75, 3.05) is 20.3 Å². The van der Waals surface area contributed by atoms with Crippen molar-refractivity contribution in [3.05, 3.63) is 0 Å². The quantitative estimate of drug-likeness (QED) is 0.508. The third-order valence-electron chi connectivity index (χ3n) is 2.95. The number of aliphatic hydroxyl groups excluding tert-OH is 2. The second-order valence-electron chi connectivity index (χ2n) is 4.36. The molecule has 98 valence electrons. The van der Waals surface area contributed by atoms with Gasteiger partial charge in [-0.1, -0.05) is 32.1 Å². The minimum atomic E-state index is 0.304. The molecule has 0 aromatic rings. The first-order chi connectivity index (χ1) is 7.85. The summed E-state index contributed by atoms with van der Waals surface area (Å²) in [4.78, 5) is 0. The molecule has 16 heavy (non-hydrogen) atoms. The van der Waals surface area contributed by atoms with Crippen LogP contribution in [0.15, 0.2) is 0 Å². The van der Waals surface area contributed by atoms with Gasteiger partial charge in [-0.15, -0.1) is 0 Å². The Morgan fingerprint density at radius 1 is 0.750 bits per heavy atom. The zero-order chi connectivity index (χ0) is 12.1. The highest BCUT2D eigenvalue weighted by Gasteiger charge is 2.06. The van der Waals surface area contributed by atoms with Gasteiger partial charge < -0.3 is 14.9 Å². The van der Waals surface area contributed by atoms with Gasteiger partial charge in [0.2, 0.25) is 0 Å². The normalized spacial score (nSPS) is 12.9. The zero-order valence-electron chi connectivity index (χ0n) is 10.7. The molecule has 0 saturated carbocycles. The summed E-state index contributed by atoms with van der Waals surface area (Å²) in [6.07, 6.45) is 10.2. The maximum absolute atomic E-state index is 8.66. The van der Waals surface area contributed by atoms with Gasteiger partial charge in [-0.3, -0.25) is 0 Å². The molecule has 0 rings (SSSR count). The van der Waals surface area contributed by atoms with Gasteiger partial charge >= 0.3 is 0 Å². The summed E-state index contributed by atoms with van der Waals surface area (Å²) in [5, 5.41) is 17.3. The van der Waals surface area contributed by atoms with E-state index < -0.39 is 0 Å². The van der Waals surface area contributed by atoms with Gasteiger partial charge in [-0.2, -0.15) is 0 Å². The first-order valence-corrected chi connectivity index (χ1v) is 6.59. The highest BCUT2D eigenvalue weighted by molar-refractivity contribution is 4.59. The Bertz CT molecular complexity index is 128. The Hall–Kier alpha value is -0.120. The van der Waals surface area contributed by atoms with Crippen LogP contribution in [0.3, 0.4) is 0 Å². The van der Waals surface area contributed by atoms with Crippen LogP contribution in [0.2, 0.25) is 0 Å². The molecule has 0 radical (unpaired) electrons. The fourth-order valence-electron chi connectivity index (χ4n) is 1.88. The van der Waals surface area contributed by atoms with E-state index >= 15 is 0 Å². The molecular weight excluding hydrogens is 204 g/mol. The van der Waals surface area contributed by atoms with E-state index in [4.69, 9.17) is 14.9 Å². The fourth-order valence-corrected chi connectivity index (χ4v) is 1.88. The number of aliphatic hydroxyl groups is 2. The molecular formula is C13H28O3. The van der Waals surface area contributed by atoms with Crippen molar-refractivity contribution < 1.29 is 14.9 Å². The van der Waals surface area contributed by atoms with Gasteiger partial charge in [0.05, 0.1) is 6.10 Å². The van der Waals surface area contributed by atoms with Crippen molar-refractivity contribution in [2.45, 2.75) is 63.9 Å². The van der Waals surface area contributed by atoms with Crippen molar-refractivity contribution >= 4 is 0 Å². The molecule has 0 aliphatic rings. The maximum Gasteiger partial charge on any atom is 0.0571 e. The molecule has 0 spiro atoms. The molecule has 0 saturated heterocycles. The summed E-state index contributed by atoms with van der Waals surface area (Å²) in [7, 11) is 1.78. The maximum atomic E-state index is 8.66.